The van der Waals surface area contributed by atoms with Gasteiger partial charge in [-0.25, -0.2) is 18.7 Å². The molecule has 3 aromatic carbocycles. The van der Waals surface area contributed by atoms with Gasteiger partial charge in [0.15, 0.2) is 11.6 Å². The number of nitrogens with zero attached hydrogens (tertiary/aromatic N) is 6. The van der Waals surface area contributed by atoms with Crippen LogP contribution in [0.5, 0.6) is 5.75 Å². The Hall–Kier alpha value is -5.30. The number of carbonyl (C=O) groups excluding carboxylic acids is 1. The molecule has 10 heteroatoms. The number of hydrogen-bond acceptors (Lipinski definition) is 5. The van der Waals surface area contributed by atoms with Crippen molar-refractivity contribution in [2.24, 2.45) is 0 Å². The number of aromatic nitrogens is 4. The molecule has 0 aliphatic carbocycles. The van der Waals surface area contributed by atoms with Crippen molar-refractivity contribution < 1.29 is 18.3 Å². The van der Waals surface area contributed by atoms with Gasteiger partial charge in [-0.2, -0.15) is 5.26 Å². The number of carbonyl (C=O) groups is 1. The highest BCUT2D eigenvalue weighted by molar-refractivity contribution is 5.95. The van der Waals surface area contributed by atoms with Crippen molar-refractivity contribution in [3.63, 3.8) is 0 Å². The van der Waals surface area contributed by atoms with E-state index in [1.165, 1.54) is 4.90 Å². The van der Waals surface area contributed by atoms with Crippen molar-refractivity contribution in [1.82, 2.24) is 19.1 Å². The normalized spacial score (nSPS) is 12.3. The van der Waals surface area contributed by atoms with E-state index in [0.29, 0.717) is 46.3 Å². The highest BCUT2D eigenvalue weighted by Gasteiger charge is 2.28. The van der Waals surface area contributed by atoms with Gasteiger partial charge in [0.25, 0.3) is 0 Å². The van der Waals surface area contributed by atoms with Gasteiger partial charge in [-0.1, -0.05) is 24.3 Å². The summed E-state index contributed by atoms with van der Waals surface area (Å²) < 4.78 is 38.0. The Labute approximate surface area is 234 Å². The van der Waals surface area contributed by atoms with E-state index in [2.05, 4.69) is 11.1 Å². The summed E-state index contributed by atoms with van der Waals surface area (Å²) in [5.41, 5.74) is 4.36. The number of halogens is 2. The minimum Gasteiger partial charge on any atom is -0.496 e. The molecule has 0 bridgehead atoms. The zero-order valence-electron chi connectivity index (χ0n) is 22.1. The van der Waals surface area contributed by atoms with Gasteiger partial charge < -0.3 is 18.8 Å². The van der Waals surface area contributed by atoms with E-state index in [4.69, 9.17) is 15.0 Å². The highest BCUT2D eigenvalue weighted by Crippen LogP contribution is 2.34. The van der Waals surface area contributed by atoms with Crippen LogP contribution in [-0.2, 0) is 30.8 Å². The zero-order valence-corrected chi connectivity index (χ0v) is 22.1. The fraction of sp³-hybridized carbons (Fsp3) is 0.161. The third-order valence-electron chi connectivity index (χ3n) is 7.16. The van der Waals surface area contributed by atoms with E-state index >= 15 is 0 Å². The molecule has 204 valence electrons. The van der Waals surface area contributed by atoms with Crippen LogP contribution in [0.2, 0.25) is 0 Å². The maximum Gasteiger partial charge on any atom is 0.233 e. The average molecular weight is 551 g/mol. The molecule has 0 saturated heterocycles. The Morgan fingerprint density at radius 1 is 1.07 bits per heavy atom. The van der Waals surface area contributed by atoms with E-state index in [9.17, 15) is 13.6 Å². The molecule has 0 spiro atoms. The molecule has 5 aromatic rings. The van der Waals surface area contributed by atoms with Crippen LogP contribution in [0.3, 0.4) is 0 Å². The summed E-state index contributed by atoms with van der Waals surface area (Å²) in [6.45, 7) is 0.734. The lowest BCUT2D eigenvalue weighted by atomic mass is 10.1. The lowest BCUT2D eigenvalue weighted by molar-refractivity contribution is -0.118. The first-order valence-electron chi connectivity index (χ1n) is 12.9. The van der Waals surface area contributed by atoms with Gasteiger partial charge in [-0.15, -0.1) is 0 Å². The second kappa shape index (κ2) is 10.7. The van der Waals surface area contributed by atoms with Gasteiger partial charge in [0.05, 0.1) is 56.0 Å². The molecule has 0 N–H and O–H groups in total. The molecule has 3 heterocycles. The highest BCUT2D eigenvalue weighted by atomic mass is 19.2. The number of hydrogen-bond donors (Lipinski definition) is 0. The Bertz CT molecular complexity index is 1800. The van der Waals surface area contributed by atoms with Crippen LogP contribution in [0.1, 0.15) is 28.2 Å². The van der Waals surface area contributed by atoms with E-state index in [0.717, 1.165) is 23.3 Å². The standard InChI is InChI=1S/C31H24F2N6O2/c1-41-29-5-3-2-4-24(29)27-17-37-16-22-10-25(32)26(33)12-28(22)39(18-30(37)36-27)31(40)11-23-14-35-19-38(23)15-21-8-6-20(13-34)7-9-21/h2-10,12,14,17,19H,11,15-16,18H2,1H3. The second-order valence-corrected chi connectivity index (χ2v) is 9.74. The average Bonchev–Trinajstić information content (AvgIpc) is 3.56. The van der Waals surface area contributed by atoms with Gasteiger partial charge >= 0.3 is 0 Å². The third kappa shape index (κ3) is 5.05. The zero-order chi connectivity index (χ0) is 28.5. The fourth-order valence-electron chi connectivity index (χ4n) is 5.06. The summed E-state index contributed by atoms with van der Waals surface area (Å²) in [5, 5.41) is 9.06. The minimum absolute atomic E-state index is 0.0191. The molecule has 1 aliphatic heterocycles. The predicted molar refractivity (Wildman–Crippen MR) is 147 cm³/mol. The van der Waals surface area contributed by atoms with Crippen LogP contribution < -0.4 is 9.64 Å². The molecule has 0 radical (unpaired) electrons. The van der Waals surface area contributed by atoms with Gasteiger partial charge in [-0.3, -0.25) is 4.79 Å². The molecule has 0 atom stereocenters. The number of methoxy groups -OCH3 is 1. The van der Waals surface area contributed by atoms with Crippen LogP contribution in [0.15, 0.2) is 79.4 Å². The molecular formula is C31H24F2N6O2. The van der Waals surface area contributed by atoms with Crippen LogP contribution in [-0.4, -0.2) is 32.1 Å². The fourth-order valence-corrected chi connectivity index (χ4v) is 5.06. The molecule has 8 nitrogen and oxygen atoms in total. The van der Waals surface area contributed by atoms with Gasteiger partial charge in [0, 0.05) is 36.3 Å². The Kier molecular flexibility index (Phi) is 6.77. The van der Waals surface area contributed by atoms with E-state index in [1.54, 1.807) is 31.8 Å². The monoisotopic (exact) mass is 550 g/mol. The summed E-state index contributed by atoms with van der Waals surface area (Å²) in [5.74, 6) is -1.10. The first kappa shape index (κ1) is 26.0. The van der Waals surface area contributed by atoms with Crippen molar-refractivity contribution in [2.75, 3.05) is 12.0 Å². The number of para-hydroxylation sites is 1. The van der Waals surface area contributed by atoms with Crippen molar-refractivity contribution >= 4 is 11.6 Å². The quantitative estimate of drug-likeness (QED) is 0.294. The smallest absolute Gasteiger partial charge is 0.233 e. The van der Waals surface area contributed by atoms with Crippen LogP contribution in [0.4, 0.5) is 14.5 Å². The summed E-state index contributed by atoms with van der Waals surface area (Å²) in [4.78, 5) is 24.3. The van der Waals surface area contributed by atoms with Crippen LogP contribution >= 0.6 is 0 Å². The summed E-state index contributed by atoms with van der Waals surface area (Å²) in [7, 11) is 1.58. The van der Waals surface area contributed by atoms with Gasteiger partial charge in [0.2, 0.25) is 5.91 Å². The number of amides is 1. The van der Waals surface area contributed by atoms with Gasteiger partial charge in [0.1, 0.15) is 11.6 Å². The molecule has 2 aromatic heterocycles. The van der Waals surface area contributed by atoms with Crippen LogP contribution in [0, 0.1) is 23.0 Å². The van der Waals surface area contributed by atoms with E-state index < -0.39 is 11.6 Å². The predicted octanol–water partition coefficient (Wildman–Crippen LogP) is 5.09. The first-order chi connectivity index (χ1) is 19.9. The molecule has 0 fully saturated rings. The number of fused-ring (bicyclic) bond motifs is 2. The number of anilines is 1. The maximum absolute atomic E-state index is 14.5. The maximum atomic E-state index is 14.5. The number of ether oxygens (including phenoxy) is 1. The van der Waals surface area contributed by atoms with Crippen molar-refractivity contribution in [1.29, 1.82) is 5.26 Å². The molecule has 1 aliphatic rings. The summed E-state index contributed by atoms with van der Waals surface area (Å²) in [6, 6.07) is 19.0. The molecule has 0 unspecified atom stereocenters. The number of benzene rings is 3. The Morgan fingerprint density at radius 2 is 1.85 bits per heavy atom. The summed E-state index contributed by atoms with van der Waals surface area (Å²) in [6.07, 6.45) is 5.07. The molecule has 1 amide bonds. The molecule has 41 heavy (non-hydrogen) atoms. The Morgan fingerprint density at radius 3 is 2.63 bits per heavy atom. The molecule has 0 saturated carbocycles. The van der Waals surface area contributed by atoms with Crippen LogP contribution in [0.25, 0.3) is 11.3 Å². The van der Waals surface area contributed by atoms with Gasteiger partial charge in [-0.05, 0) is 41.5 Å². The molecule has 6 rings (SSSR count). The Balaban J connectivity index is 1.33. The second-order valence-electron chi connectivity index (χ2n) is 9.74. The third-order valence-corrected chi connectivity index (χ3v) is 7.16. The lowest BCUT2D eigenvalue weighted by Gasteiger charge is -2.23. The van der Waals surface area contributed by atoms with Crippen molar-refractivity contribution in [2.45, 2.75) is 26.1 Å². The summed E-state index contributed by atoms with van der Waals surface area (Å²) >= 11 is 0. The largest absolute Gasteiger partial charge is 0.496 e. The first-order valence-corrected chi connectivity index (χ1v) is 12.9. The topological polar surface area (TPSA) is 89.0 Å². The molecular weight excluding hydrogens is 526 g/mol. The van der Waals surface area contributed by atoms with E-state index in [-0.39, 0.29) is 25.4 Å². The van der Waals surface area contributed by atoms with Crippen molar-refractivity contribution in [3.8, 4) is 23.1 Å². The van der Waals surface area contributed by atoms with E-state index in [1.807, 2.05) is 51.7 Å². The SMILES string of the molecule is COc1ccccc1-c1cn2c(n1)CN(C(=O)Cc1cncn1Cc1ccc(C#N)cc1)c1cc(F)c(F)cc1C2. The lowest BCUT2D eigenvalue weighted by Crippen LogP contribution is -2.33. The number of nitriles is 1. The minimum atomic E-state index is -1.03. The van der Waals surface area contributed by atoms with Crippen molar-refractivity contribution in [3.05, 3.63) is 119 Å². The number of rotatable bonds is 6. The number of imidazole rings is 2.